The Morgan fingerprint density at radius 2 is 1.63 bits per heavy atom. The zero-order valence-corrected chi connectivity index (χ0v) is 25.3. The lowest BCUT2D eigenvalue weighted by Crippen LogP contribution is -2.21. The molecule has 0 aliphatic heterocycles. The number of aromatic nitrogens is 4. The minimum absolute atomic E-state index is 0. The van der Waals surface area contributed by atoms with Crippen molar-refractivity contribution in [1.82, 2.24) is 19.5 Å². The summed E-state index contributed by atoms with van der Waals surface area (Å²) in [5.74, 6) is 1.87. The van der Waals surface area contributed by atoms with Gasteiger partial charge >= 0.3 is 0 Å². The molecule has 0 aliphatic carbocycles. The highest BCUT2D eigenvalue weighted by Gasteiger charge is 2.20. The van der Waals surface area contributed by atoms with E-state index in [4.69, 9.17) is 9.97 Å². The second-order valence-electron chi connectivity index (χ2n) is 9.95. The highest BCUT2D eigenvalue weighted by molar-refractivity contribution is 7.90. The molecule has 5 rings (SSSR count). The predicted molar refractivity (Wildman–Crippen MR) is 170 cm³/mol. The number of sulfone groups is 1. The van der Waals surface area contributed by atoms with Gasteiger partial charge in [0.05, 0.1) is 22.8 Å². The van der Waals surface area contributed by atoms with Gasteiger partial charge in [-0.3, -0.25) is 4.90 Å². The maximum atomic E-state index is 11.9. The molecule has 11 heteroatoms. The molecule has 1 unspecified atom stereocenters. The topological polar surface area (TPSA) is 105 Å². The minimum Gasteiger partial charge on any atom is -0.388 e. The van der Waals surface area contributed by atoms with Gasteiger partial charge in [0, 0.05) is 37.9 Å². The molecule has 2 N–H and O–H groups in total. The standard InChI is InChI=1S/C30H33N7O2S.ClH/c1-20-6-8-22(9-7-20)19-37(30-34-26-18-25(31-3)14-15-27(26)36(30)4)28-16-17-32-29(35-28)33-24-12-10-23(11-13-24)21(2)40(5,38)39;/h6-18,21,31H,19H2,1-5H3,(H,32,33,35);1H. The van der Waals surface area contributed by atoms with Gasteiger partial charge in [-0.2, -0.15) is 4.98 Å². The van der Waals surface area contributed by atoms with Gasteiger partial charge in [0.25, 0.3) is 0 Å². The van der Waals surface area contributed by atoms with Crippen LogP contribution in [0.2, 0.25) is 0 Å². The summed E-state index contributed by atoms with van der Waals surface area (Å²) in [4.78, 5) is 16.3. The van der Waals surface area contributed by atoms with E-state index in [0.29, 0.717) is 18.3 Å². The fourth-order valence-electron chi connectivity index (χ4n) is 4.49. The van der Waals surface area contributed by atoms with Gasteiger partial charge in [-0.15, -0.1) is 12.4 Å². The lowest BCUT2D eigenvalue weighted by molar-refractivity contribution is 0.592. The number of imidazole rings is 1. The van der Waals surface area contributed by atoms with Crippen LogP contribution in [0.1, 0.15) is 28.9 Å². The Kier molecular flexibility index (Phi) is 8.84. The number of hydrogen-bond acceptors (Lipinski definition) is 8. The van der Waals surface area contributed by atoms with Gasteiger partial charge in [-0.25, -0.2) is 18.4 Å². The number of halogens is 1. The van der Waals surface area contributed by atoms with Crippen LogP contribution < -0.4 is 15.5 Å². The van der Waals surface area contributed by atoms with Gasteiger partial charge in [-0.1, -0.05) is 42.0 Å². The number of benzene rings is 3. The molecule has 214 valence electrons. The number of rotatable bonds is 9. The summed E-state index contributed by atoms with van der Waals surface area (Å²) >= 11 is 0. The van der Waals surface area contributed by atoms with E-state index in [1.807, 2.05) is 44.4 Å². The largest absolute Gasteiger partial charge is 0.388 e. The molecule has 9 nitrogen and oxygen atoms in total. The Hall–Kier alpha value is -4.15. The van der Waals surface area contributed by atoms with Gasteiger partial charge in [-0.05, 0) is 61.4 Å². The van der Waals surface area contributed by atoms with E-state index in [1.54, 1.807) is 25.3 Å². The average Bonchev–Trinajstić information content (AvgIpc) is 3.27. The number of fused-ring (bicyclic) bond motifs is 1. The van der Waals surface area contributed by atoms with Crippen LogP contribution in [0, 0.1) is 6.92 Å². The van der Waals surface area contributed by atoms with Crippen molar-refractivity contribution in [3.05, 3.63) is 95.7 Å². The molecule has 2 aromatic heterocycles. The molecular weight excluding hydrogens is 558 g/mol. The highest BCUT2D eigenvalue weighted by atomic mass is 35.5. The first-order chi connectivity index (χ1) is 19.1. The molecule has 0 bridgehead atoms. The molecule has 0 radical (unpaired) electrons. The van der Waals surface area contributed by atoms with Crippen molar-refractivity contribution in [2.45, 2.75) is 25.6 Å². The lowest BCUT2D eigenvalue weighted by atomic mass is 10.1. The second kappa shape index (κ2) is 12.2. The quantitative estimate of drug-likeness (QED) is 0.205. The van der Waals surface area contributed by atoms with Crippen LogP contribution in [0.25, 0.3) is 11.0 Å². The molecule has 0 fully saturated rings. The zero-order valence-electron chi connectivity index (χ0n) is 23.7. The fraction of sp³-hybridized carbons (Fsp3) is 0.233. The molecule has 0 saturated carbocycles. The summed E-state index contributed by atoms with van der Waals surface area (Å²) in [7, 11) is 0.721. The van der Waals surface area contributed by atoms with E-state index in [1.165, 1.54) is 11.8 Å². The Labute approximate surface area is 247 Å². The first-order valence-electron chi connectivity index (χ1n) is 13.0. The highest BCUT2D eigenvalue weighted by Crippen LogP contribution is 2.31. The summed E-state index contributed by atoms with van der Waals surface area (Å²) in [5.41, 5.74) is 6.70. The molecule has 41 heavy (non-hydrogen) atoms. The lowest BCUT2D eigenvalue weighted by Gasteiger charge is -2.23. The van der Waals surface area contributed by atoms with E-state index in [0.717, 1.165) is 39.5 Å². The first kappa shape index (κ1) is 29.8. The minimum atomic E-state index is -3.18. The normalized spacial score (nSPS) is 12.0. The summed E-state index contributed by atoms with van der Waals surface area (Å²) in [6.07, 6.45) is 2.96. The van der Waals surface area contributed by atoms with Crippen LogP contribution in [0.5, 0.6) is 0 Å². The Morgan fingerprint density at radius 3 is 2.29 bits per heavy atom. The van der Waals surface area contributed by atoms with Crippen molar-refractivity contribution in [2.24, 2.45) is 7.05 Å². The molecule has 5 aromatic rings. The average molecular weight is 592 g/mol. The Morgan fingerprint density at radius 1 is 0.951 bits per heavy atom. The number of nitrogens with one attached hydrogen (secondary N) is 2. The van der Waals surface area contributed by atoms with Crippen LogP contribution in [0.3, 0.4) is 0 Å². The summed E-state index contributed by atoms with van der Waals surface area (Å²) < 4.78 is 25.9. The van der Waals surface area contributed by atoms with Crippen molar-refractivity contribution < 1.29 is 8.42 Å². The van der Waals surface area contributed by atoms with E-state index in [9.17, 15) is 8.42 Å². The predicted octanol–water partition coefficient (Wildman–Crippen LogP) is 6.32. The van der Waals surface area contributed by atoms with Crippen LogP contribution >= 0.6 is 12.4 Å². The van der Waals surface area contributed by atoms with Gasteiger partial charge in [0.15, 0.2) is 9.84 Å². The SMILES string of the molecule is CNc1ccc2c(c1)nc(N(Cc1ccc(C)cc1)c1ccnc(Nc3ccc(C(C)S(C)(=O)=O)cc3)n1)n2C.Cl. The third-order valence-corrected chi connectivity index (χ3v) is 8.60. The summed E-state index contributed by atoms with van der Waals surface area (Å²) in [6.45, 7) is 4.32. The van der Waals surface area contributed by atoms with Crippen molar-refractivity contribution in [2.75, 3.05) is 28.8 Å². The van der Waals surface area contributed by atoms with Crippen molar-refractivity contribution >= 4 is 62.4 Å². The smallest absolute Gasteiger partial charge is 0.229 e. The van der Waals surface area contributed by atoms with E-state index < -0.39 is 15.1 Å². The number of anilines is 5. The van der Waals surface area contributed by atoms with E-state index in [2.05, 4.69) is 62.3 Å². The number of aryl methyl sites for hydroxylation is 2. The summed E-state index contributed by atoms with van der Waals surface area (Å²) in [6, 6.07) is 23.7. The van der Waals surface area contributed by atoms with E-state index in [-0.39, 0.29) is 12.4 Å². The maximum Gasteiger partial charge on any atom is 0.229 e. The van der Waals surface area contributed by atoms with Gasteiger partial charge in [0.2, 0.25) is 11.9 Å². The first-order valence-corrected chi connectivity index (χ1v) is 14.9. The molecule has 0 aliphatic rings. The second-order valence-corrected chi connectivity index (χ2v) is 12.3. The Bertz CT molecular complexity index is 1750. The Balaban J connectivity index is 0.00000387. The zero-order chi connectivity index (χ0) is 28.4. The molecule has 2 heterocycles. The number of nitrogens with zero attached hydrogens (tertiary/aromatic N) is 5. The molecule has 0 spiro atoms. The van der Waals surface area contributed by atoms with Crippen molar-refractivity contribution in [3.63, 3.8) is 0 Å². The van der Waals surface area contributed by atoms with Crippen LogP contribution in [-0.2, 0) is 23.4 Å². The van der Waals surface area contributed by atoms with E-state index >= 15 is 0 Å². The number of hydrogen-bond donors (Lipinski definition) is 2. The third kappa shape index (κ3) is 6.61. The van der Waals surface area contributed by atoms with Gasteiger partial charge in [0.1, 0.15) is 5.82 Å². The molecule has 1 atom stereocenters. The van der Waals surface area contributed by atoms with Crippen molar-refractivity contribution in [3.8, 4) is 0 Å². The molecule has 0 amide bonds. The fourth-order valence-corrected chi connectivity index (χ4v) is 5.14. The molecule has 0 saturated heterocycles. The molecular formula is C30H34ClN7O2S. The van der Waals surface area contributed by atoms with Crippen molar-refractivity contribution in [1.29, 1.82) is 0 Å². The van der Waals surface area contributed by atoms with Crippen LogP contribution in [-0.4, -0.2) is 41.2 Å². The summed E-state index contributed by atoms with van der Waals surface area (Å²) in [5, 5.41) is 5.85. The van der Waals surface area contributed by atoms with Crippen LogP contribution in [0.15, 0.2) is 79.0 Å². The molecule has 3 aromatic carbocycles. The maximum absolute atomic E-state index is 11.9. The third-order valence-electron chi connectivity index (χ3n) is 7.04. The van der Waals surface area contributed by atoms with Gasteiger partial charge < -0.3 is 15.2 Å². The van der Waals surface area contributed by atoms with Crippen LogP contribution in [0.4, 0.5) is 29.1 Å². The monoisotopic (exact) mass is 591 g/mol.